The number of aromatic nitrogens is 1. The summed E-state index contributed by atoms with van der Waals surface area (Å²) in [5.41, 5.74) is 0.880. The first-order valence-electron chi connectivity index (χ1n) is 9.53. The molecule has 28 heavy (non-hydrogen) atoms. The standard InChI is InChI=1S/C20H24N2O5S/c23-28(24,18-4-5-19-20(13-18)27-12-2-11-26-19)22(15-17-3-1-10-25-17)14-16-6-8-21-9-7-16/h4-9,13,17H,1-3,10-12,14-15H2. The van der Waals surface area contributed by atoms with Gasteiger partial charge in [-0.2, -0.15) is 4.31 Å². The van der Waals surface area contributed by atoms with Crippen molar-refractivity contribution in [3.63, 3.8) is 0 Å². The topological polar surface area (TPSA) is 78.0 Å². The van der Waals surface area contributed by atoms with Crippen molar-refractivity contribution in [2.75, 3.05) is 26.4 Å². The summed E-state index contributed by atoms with van der Waals surface area (Å²) in [5.74, 6) is 1.05. The van der Waals surface area contributed by atoms with Gasteiger partial charge >= 0.3 is 0 Å². The first-order chi connectivity index (χ1) is 13.6. The van der Waals surface area contributed by atoms with Gasteiger partial charge in [-0.15, -0.1) is 0 Å². The Kier molecular flexibility index (Phi) is 5.79. The fourth-order valence-corrected chi connectivity index (χ4v) is 4.88. The first-order valence-corrected chi connectivity index (χ1v) is 11.0. The summed E-state index contributed by atoms with van der Waals surface area (Å²) in [6.07, 6.45) is 5.84. The molecule has 0 saturated carbocycles. The van der Waals surface area contributed by atoms with Gasteiger partial charge in [0, 0.05) is 44.6 Å². The number of hydrogen-bond acceptors (Lipinski definition) is 6. The lowest BCUT2D eigenvalue weighted by molar-refractivity contribution is 0.0926. The van der Waals surface area contributed by atoms with Crippen LogP contribution in [0.1, 0.15) is 24.8 Å². The SMILES string of the molecule is O=S(=O)(c1ccc2c(c1)OCCCO2)N(Cc1ccncc1)CC1CCCO1. The Hall–Kier alpha value is -2.16. The van der Waals surface area contributed by atoms with Gasteiger partial charge in [0.2, 0.25) is 10.0 Å². The summed E-state index contributed by atoms with van der Waals surface area (Å²) in [6, 6.07) is 8.46. The van der Waals surface area contributed by atoms with Crippen LogP contribution in [-0.2, 0) is 21.3 Å². The predicted octanol–water partition coefficient (Wildman–Crippen LogP) is 2.61. The van der Waals surface area contributed by atoms with E-state index in [0.717, 1.165) is 24.8 Å². The second-order valence-corrected chi connectivity index (χ2v) is 8.89. The predicted molar refractivity (Wildman–Crippen MR) is 103 cm³/mol. The van der Waals surface area contributed by atoms with Crippen molar-refractivity contribution < 1.29 is 22.6 Å². The summed E-state index contributed by atoms with van der Waals surface area (Å²) in [6.45, 7) is 2.33. The summed E-state index contributed by atoms with van der Waals surface area (Å²) in [5, 5.41) is 0. The maximum atomic E-state index is 13.5. The molecule has 150 valence electrons. The molecule has 0 N–H and O–H groups in total. The van der Waals surface area contributed by atoms with Gasteiger partial charge in [0.25, 0.3) is 0 Å². The molecule has 1 unspecified atom stereocenters. The third-order valence-electron chi connectivity index (χ3n) is 4.90. The van der Waals surface area contributed by atoms with Crippen molar-refractivity contribution in [3.05, 3.63) is 48.3 Å². The molecule has 2 aliphatic heterocycles. The van der Waals surface area contributed by atoms with Crippen molar-refractivity contribution in [2.24, 2.45) is 0 Å². The third kappa shape index (κ3) is 4.29. The summed E-state index contributed by atoms with van der Waals surface area (Å²) in [7, 11) is -3.73. The highest BCUT2D eigenvalue weighted by Gasteiger charge is 2.30. The molecule has 0 amide bonds. The van der Waals surface area contributed by atoms with Gasteiger partial charge < -0.3 is 14.2 Å². The molecule has 3 heterocycles. The van der Waals surface area contributed by atoms with E-state index in [0.29, 0.717) is 37.9 Å². The van der Waals surface area contributed by atoms with Crippen LogP contribution in [0.2, 0.25) is 0 Å². The molecule has 0 aliphatic carbocycles. The minimum atomic E-state index is -3.73. The van der Waals surface area contributed by atoms with Crippen molar-refractivity contribution in [1.82, 2.24) is 9.29 Å². The Balaban J connectivity index is 1.64. The molecule has 1 aromatic carbocycles. The molecular weight excluding hydrogens is 380 g/mol. The highest BCUT2D eigenvalue weighted by atomic mass is 32.2. The van der Waals surface area contributed by atoms with E-state index >= 15 is 0 Å². The molecule has 0 bridgehead atoms. The number of benzene rings is 1. The van der Waals surface area contributed by atoms with E-state index in [2.05, 4.69) is 4.98 Å². The molecule has 1 atom stereocenters. The van der Waals surface area contributed by atoms with Gasteiger partial charge in [-0.25, -0.2) is 8.42 Å². The molecule has 1 fully saturated rings. The third-order valence-corrected chi connectivity index (χ3v) is 6.70. The highest BCUT2D eigenvalue weighted by Crippen LogP contribution is 2.33. The molecule has 2 aromatic rings. The minimum Gasteiger partial charge on any atom is -0.490 e. The molecule has 4 rings (SSSR count). The van der Waals surface area contributed by atoms with E-state index in [4.69, 9.17) is 14.2 Å². The van der Waals surface area contributed by atoms with Gasteiger partial charge in [0.05, 0.1) is 24.2 Å². The Bertz CT molecular complexity index is 898. The average Bonchev–Trinajstić information content (AvgIpc) is 3.10. The molecule has 1 saturated heterocycles. The summed E-state index contributed by atoms with van der Waals surface area (Å²) < 4.78 is 45.4. The van der Waals surface area contributed by atoms with E-state index in [9.17, 15) is 8.42 Å². The summed E-state index contributed by atoms with van der Waals surface area (Å²) in [4.78, 5) is 4.21. The Labute approximate surface area is 165 Å². The minimum absolute atomic E-state index is 0.0861. The maximum Gasteiger partial charge on any atom is 0.243 e. The van der Waals surface area contributed by atoms with Gasteiger partial charge in [0.15, 0.2) is 11.5 Å². The highest BCUT2D eigenvalue weighted by molar-refractivity contribution is 7.89. The normalized spacial score (nSPS) is 19.5. The molecule has 7 nitrogen and oxygen atoms in total. The fourth-order valence-electron chi connectivity index (χ4n) is 3.41. The first kappa shape index (κ1) is 19.2. The van der Waals surface area contributed by atoms with Gasteiger partial charge in [-0.3, -0.25) is 4.98 Å². The van der Waals surface area contributed by atoms with Crippen LogP contribution in [0.4, 0.5) is 0 Å². The van der Waals surface area contributed by atoms with Crippen LogP contribution in [0.5, 0.6) is 11.5 Å². The second-order valence-electron chi connectivity index (χ2n) is 6.95. The number of hydrogen-bond donors (Lipinski definition) is 0. The zero-order valence-corrected chi connectivity index (χ0v) is 16.4. The maximum absolute atomic E-state index is 13.5. The molecule has 1 aromatic heterocycles. The molecule has 8 heteroatoms. The lowest BCUT2D eigenvalue weighted by Crippen LogP contribution is -2.37. The fraction of sp³-hybridized carbons (Fsp3) is 0.450. The van der Waals surface area contributed by atoms with Crippen LogP contribution in [0.15, 0.2) is 47.6 Å². The van der Waals surface area contributed by atoms with E-state index in [-0.39, 0.29) is 17.5 Å². The smallest absolute Gasteiger partial charge is 0.243 e. The van der Waals surface area contributed by atoms with E-state index in [1.165, 1.54) is 4.31 Å². The molecular formula is C20H24N2O5S. The molecule has 0 spiro atoms. The van der Waals surface area contributed by atoms with Crippen LogP contribution in [0.3, 0.4) is 0 Å². The van der Waals surface area contributed by atoms with Crippen molar-refractivity contribution in [2.45, 2.75) is 36.8 Å². The monoisotopic (exact) mass is 404 g/mol. The Morgan fingerprint density at radius 3 is 2.54 bits per heavy atom. The van der Waals surface area contributed by atoms with Gasteiger partial charge in [-0.1, -0.05) is 0 Å². The van der Waals surface area contributed by atoms with Crippen LogP contribution in [0, 0.1) is 0 Å². The quantitative estimate of drug-likeness (QED) is 0.737. The number of rotatable bonds is 6. The molecule has 2 aliphatic rings. The van der Waals surface area contributed by atoms with Crippen LogP contribution in [0.25, 0.3) is 0 Å². The van der Waals surface area contributed by atoms with E-state index < -0.39 is 10.0 Å². The zero-order chi connectivity index (χ0) is 19.4. The number of nitrogens with zero attached hydrogens (tertiary/aromatic N) is 2. The summed E-state index contributed by atoms with van der Waals surface area (Å²) >= 11 is 0. The van der Waals surface area contributed by atoms with Crippen molar-refractivity contribution in [1.29, 1.82) is 0 Å². The lowest BCUT2D eigenvalue weighted by atomic mass is 10.2. The molecule has 0 radical (unpaired) electrons. The van der Waals surface area contributed by atoms with Crippen LogP contribution < -0.4 is 9.47 Å². The Morgan fingerprint density at radius 2 is 1.79 bits per heavy atom. The van der Waals surface area contributed by atoms with Crippen molar-refractivity contribution >= 4 is 10.0 Å². The van der Waals surface area contributed by atoms with E-state index in [1.54, 1.807) is 30.6 Å². The van der Waals surface area contributed by atoms with Crippen LogP contribution in [-0.4, -0.2) is 50.2 Å². The second kappa shape index (κ2) is 8.46. The number of ether oxygens (including phenoxy) is 3. The lowest BCUT2D eigenvalue weighted by Gasteiger charge is -2.25. The van der Waals surface area contributed by atoms with Gasteiger partial charge in [0.1, 0.15) is 0 Å². The average molecular weight is 404 g/mol. The zero-order valence-electron chi connectivity index (χ0n) is 15.6. The van der Waals surface area contributed by atoms with Crippen LogP contribution >= 0.6 is 0 Å². The number of fused-ring (bicyclic) bond motifs is 1. The van der Waals surface area contributed by atoms with Crippen molar-refractivity contribution in [3.8, 4) is 11.5 Å². The van der Waals surface area contributed by atoms with E-state index in [1.807, 2.05) is 12.1 Å². The number of pyridine rings is 1. The largest absolute Gasteiger partial charge is 0.490 e. The number of sulfonamides is 1. The van der Waals surface area contributed by atoms with Gasteiger partial charge in [-0.05, 0) is 42.7 Å². The Morgan fingerprint density at radius 1 is 1.00 bits per heavy atom.